The standard InChI is InChI=1S/C26H37N5O2S2/c1-5-7-8-9-10-12-31-25(33)22(35-26(31)34)17-20-19(3)21(18-27)24(32)30(11-6-2)23(20)29-15-13-28(4)14-16-29/h17H,5-16H2,1-4H3/b22-17-. The van der Waals surface area contributed by atoms with Crippen LogP contribution >= 0.6 is 24.0 Å². The van der Waals surface area contributed by atoms with Crippen LogP contribution in [0.5, 0.6) is 0 Å². The highest BCUT2D eigenvalue weighted by molar-refractivity contribution is 8.26. The Kier molecular flexibility index (Phi) is 9.96. The van der Waals surface area contributed by atoms with Crippen LogP contribution in [-0.2, 0) is 11.3 Å². The van der Waals surface area contributed by atoms with E-state index in [1.807, 2.05) is 19.9 Å². The third kappa shape index (κ3) is 6.16. The van der Waals surface area contributed by atoms with E-state index >= 15 is 0 Å². The number of aromatic nitrogens is 1. The molecule has 7 nitrogen and oxygen atoms in total. The van der Waals surface area contributed by atoms with Crippen molar-refractivity contribution in [2.75, 3.05) is 44.7 Å². The normalized spacial score (nSPS) is 18.1. The maximum Gasteiger partial charge on any atom is 0.270 e. The third-order valence-electron chi connectivity index (χ3n) is 6.73. The van der Waals surface area contributed by atoms with Crippen LogP contribution in [0.4, 0.5) is 5.82 Å². The fraction of sp³-hybridized carbons (Fsp3) is 0.615. The number of anilines is 1. The molecule has 9 heteroatoms. The average molecular weight is 516 g/mol. The van der Waals surface area contributed by atoms with Crippen molar-refractivity contribution < 1.29 is 4.79 Å². The first-order chi connectivity index (χ1) is 16.8. The lowest BCUT2D eigenvalue weighted by molar-refractivity contribution is -0.122. The minimum atomic E-state index is -0.252. The molecular formula is C26H37N5O2S2. The molecule has 0 saturated carbocycles. The summed E-state index contributed by atoms with van der Waals surface area (Å²) in [4.78, 5) is 33.3. The highest BCUT2D eigenvalue weighted by atomic mass is 32.2. The number of amides is 1. The van der Waals surface area contributed by atoms with Gasteiger partial charge >= 0.3 is 0 Å². The molecule has 2 aliphatic heterocycles. The zero-order valence-electron chi connectivity index (χ0n) is 21.4. The lowest BCUT2D eigenvalue weighted by atomic mass is 10.0. The van der Waals surface area contributed by atoms with E-state index in [1.165, 1.54) is 31.0 Å². The van der Waals surface area contributed by atoms with Gasteiger partial charge in [-0.3, -0.25) is 19.1 Å². The highest BCUT2D eigenvalue weighted by Gasteiger charge is 2.33. The molecule has 0 aromatic carbocycles. The largest absolute Gasteiger partial charge is 0.355 e. The average Bonchev–Trinajstić information content (AvgIpc) is 3.10. The maximum absolute atomic E-state index is 13.3. The summed E-state index contributed by atoms with van der Waals surface area (Å²) >= 11 is 6.87. The monoisotopic (exact) mass is 515 g/mol. The summed E-state index contributed by atoms with van der Waals surface area (Å²) in [6, 6.07) is 2.12. The van der Waals surface area contributed by atoms with E-state index in [0.29, 0.717) is 27.9 Å². The predicted molar refractivity (Wildman–Crippen MR) is 149 cm³/mol. The number of thiocarbonyl (C=S) groups is 1. The van der Waals surface area contributed by atoms with Crippen LogP contribution in [0.25, 0.3) is 6.08 Å². The smallest absolute Gasteiger partial charge is 0.270 e. The van der Waals surface area contributed by atoms with Gasteiger partial charge in [-0.25, -0.2) is 0 Å². The molecule has 2 fully saturated rings. The number of rotatable bonds is 10. The summed E-state index contributed by atoms with van der Waals surface area (Å²) in [6.07, 6.45) is 8.23. The summed E-state index contributed by atoms with van der Waals surface area (Å²) in [5.41, 5.74) is 1.30. The molecule has 0 radical (unpaired) electrons. The van der Waals surface area contributed by atoms with Crippen LogP contribution in [0.2, 0.25) is 0 Å². The number of unbranched alkanes of at least 4 members (excludes halogenated alkanes) is 4. The van der Waals surface area contributed by atoms with Crippen LogP contribution in [0, 0.1) is 18.3 Å². The lowest BCUT2D eigenvalue weighted by Crippen LogP contribution is -2.47. The fourth-order valence-electron chi connectivity index (χ4n) is 4.63. The van der Waals surface area contributed by atoms with Crippen LogP contribution in [0.3, 0.4) is 0 Å². The molecule has 0 bridgehead atoms. The van der Waals surface area contributed by atoms with Gasteiger partial charge < -0.3 is 9.80 Å². The van der Waals surface area contributed by atoms with Crippen molar-refractivity contribution in [2.24, 2.45) is 0 Å². The number of hydrogen-bond donors (Lipinski definition) is 0. The summed E-state index contributed by atoms with van der Waals surface area (Å²) in [6.45, 7) is 10.5. The molecule has 1 aromatic heterocycles. The van der Waals surface area contributed by atoms with E-state index < -0.39 is 0 Å². The second-order valence-electron chi connectivity index (χ2n) is 9.34. The Labute approximate surface area is 218 Å². The van der Waals surface area contributed by atoms with Gasteiger partial charge in [0.2, 0.25) is 0 Å². The molecule has 1 aromatic rings. The molecule has 35 heavy (non-hydrogen) atoms. The van der Waals surface area contributed by atoms with E-state index in [0.717, 1.165) is 56.8 Å². The van der Waals surface area contributed by atoms with Crippen LogP contribution in [0.15, 0.2) is 9.70 Å². The Hall–Kier alpha value is -2.15. The van der Waals surface area contributed by atoms with Gasteiger partial charge in [0.15, 0.2) is 0 Å². The van der Waals surface area contributed by atoms with Gasteiger partial charge in [-0.05, 0) is 38.5 Å². The van der Waals surface area contributed by atoms with E-state index in [9.17, 15) is 14.9 Å². The SMILES string of the molecule is CCCCCCCN1C(=O)/C(=C/c2c(C)c(C#N)c(=O)n(CCC)c2N2CCN(C)CC2)SC1=S. The molecule has 3 heterocycles. The molecule has 2 saturated heterocycles. The fourth-order valence-corrected chi connectivity index (χ4v) is 5.92. The van der Waals surface area contributed by atoms with Crippen molar-refractivity contribution >= 4 is 46.1 Å². The van der Waals surface area contributed by atoms with Gasteiger partial charge in [-0.2, -0.15) is 5.26 Å². The molecule has 0 unspecified atom stereocenters. The summed E-state index contributed by atoms with van der Waals surface area (Å²) in [7, 11) is 2.09. The number of carbonyl (C=O) groups excluding carboxylic acids is 1. The molecular weight excluding hydrogens is 478 g/mol. The molecule has 0 spiro atoms. The first-order valence-electron chi connectivity index (χ1n) is 12.7. The summed E-state index contributed by atoms with van der Waals surface area (Å²) in [5, 5.41) is 9.80. The molecule has 0 aliphatic carbocycles. The number of nitrogens with zero attached hydrogens (tertiary/aromatic N) is 5. The van der Waals surface area contributed by atoms with E-state index in [4.69, 9.17) is 12.2 Å². The number of pyridine rings is 1. The minimum Gasteiger partial charge on any atom is -0.355 e. The van der Waals surface area contributed by atoms with Crippen molar-refractivity contribution in [3.63, 3.8) is 0 Å². The van der Waals surface area contributed by atoms with Gasteiger partial charge in [-0.1, -0.05) is 63.5 Å². The number of nitriles is 1. The van der Waals surface area contributed by atoms with Gasteiger partial charge in [0, 0.05) is 44.8 Å². The Balaban J connectivity index is 2.02. The zero-order valence-corrected chi connectivity index (χ0v) is 23.1. The van der Waals surface area contributed by atoms with E-state index in [-0.39, 0.29) is 17.0 Å². The van der Waals surface area contributed by atoms with Crippen molar-refractivity contribution in [1.82, 2.24) is 14.4 Å². The van der Waals surface area contributed by atoms with Gasteiger partial charge in [-0.15, -0.1) is 0 Å². The lowest BCUT2D eigenvalue weighted by Gasteiger charge is -2.36. The second-order valence-corrected chi connectivity index (χ2v) is 11.0. The van der Waals surface area contributed by atoms with Crippen molar-refractivity contribution in [3.05, 3.63) is 31.9 Å². The number of thioether (sulfide) groups is 1. The van der Waals surface area contributed by atoms with Crippen LogP contribution in [0.1, 0.15) is 69.1 Å². The topological polar surface area (TPSA) is 72.6 Å². The van der Waals surface area contributed by atoms with E-state index in [2.05, 4.69) is 29.8 Å². The molecule has 2 aliphatic rings. The Bertz CT molecular complexity index is 1080. The highest BCUT2D eigenvalue weighted by Crippen LogP contribution is 2.36. The number of carbonyl (C=O) groups is 1. The maximum atomic E-state index is 13.3. The van der Waals surface area contributed by atoms with Crippen LogP contribution in [-0.4, -0.2) is 64.4 Å². The first-order valence-corrected chi connectivity index (χ1v) is 13.9. The minimum absolute atomic E-state index is 0.0778. The molecule has 0 atom stereocenters. The van der Waals surface area contributed by atoms with Gasteiger partial charge in [0.05, 0.1) is 4.91 Å². The zero-order chi connectivity index (χ0) is 25.5. The third-order valence-corrected chi connectivity index (χ3v) is 8.11. The molecule has 3 rings (SSSR count). The second kappa shape index (κ2) is 12.7. The Morgan fingerprint density at radius 2 is 1.71 bits per heavy atom. The number of piperazine rings is 1. The Morgan fingerprint density at radius 1 is 1.03 bits per heavy atom. The van der Waals surface area contributed by atoms with E-state index in [1.54, 1.807) is 9.47 Å². The van der Waals surface area contributed by atoms with Crippen molar-refractivity contribution in [3.8, 4) is 6.07 Å². The quantitative estimate of drug-likeness (QED) is 0.260. The predicted octanol–water partition coefficient (Wildman–Crippen LogP) is 4.36. The van der Waals surface area contributed by atoms with Gasteiger partial charge in [0.1, 0.15) is 21.8 Å². The molecule has 190 valence electrons. The van der Waals surface area contributed by atoms with Crippen LogP contribution < -0.4 is 10.5 Å². The summed E-state index contributed by atoms with van der Waals surface area (Å²) in [5.74, 6) is 0.734. The summed E-state index contributed by atoms with van der Waals surface area (Å²) < 4.78 is 2.31. The van der Waals surface area contributed by atoms with Crippen molar-refractivity contribution in [1.29, 1.82) is 5.26 Å². The first kappa shape index (κ1) is 27.4. The van der Waals surface area contributed by atoms with Crippen molar-refractivity contribution in [2.45, 2.75) is 65.8 Å². The molecule has 0 N–H and O–H groups in total. The molecule has 1 amide bonds. The number of hydrogen-bond acceptors (Lipinski definition) is 7. The number of likely N-dealkylation sites (N-methyl/N-ethyl adjacent to an activating group) is 1. The Morgan fingerprint density at radius 3 is 2.34 bits per heavy atom. The van der Waals surface area contributed by atoms with Gasteiger partial charge in [0.25, 0.3) is 11.5 Å².